The molecule has 2 fully saturated rings. The summed E-state index contributed by atoms with van der Waals surface area (Å²) in [5.41, 5.74) is 5.37. The maximum Gasteiger partial charge on any atom is 0.242 e. The minimum atomic E-state index is -0.711. The molecule has 0 aromatic rings. The first kappa shape index (κ1) is 15.7. The van der Waals surface area contributed by atoms with Crippen molar-refractivity contribution in [3.05, 3.63) is 0 Å². The van der Waals surface area contributed by atoms with Crippen molar-refractivity contribution in [1.82, 2.24) is 4.90 Å². The number of hydrogen-bond acceptors (Lipinski definition) is 3. The van der Waals surface area contributed by atoms with Gasteiger partial charge < -0.3 is 15.4 Å². The van der Waals surface area contributed by atoms with Crippen LogP contribution in [0.2, 0.25) is 0 Å². The van der Waals surface area contributed by atoms with Gasteiger partial charge in [0.25, 0.3) is 0 Å². The zero-order valence-corrected chi connectivity index (χ0v) is 12.2. The molecule has 5 heteroatoms. The van der Waals surface area contributed by atoms with Crippen LogP contribution < -0.4 is 5.73 Å². The van der Waals surface area contributed by atoms with Gasteiger partial charge in [0.1, 0.15) is 0 Å². The van der Waals surface area contributed by atoms with Gasteiger partial charge in [-0.2, -0.15) is 0 Å². The van der Waals surface area contributed by atoms with Gasteiger partial charge in [-0.25, -0.2) is 0 Å². The SMILES string of the molecule is CCCC(C)(N)C(=O)N1CCOC2(CCC2)C1.Cl. The van der Waals surface area contributed by atoms with Crippen molar-refractivity contribution < 1.29 is 9.53 Å². The zero-order chi connectivity index (χ0) is 12.5. The predicted molar refractivity (Wildman–Crippen MR) is 73.9 cm³/mol. The molecule has 2 aliphatic rings. The molecule has 1 saturated heterocycles. The summed E-state index contributed by atoms with van der Waals surface area (Å²) in [5.74, 6) is 0.0916. The Kier molecular flexibility index (Phi) is 5.04. The van der Waals surface area contributed by atoms with Crippen LogP contribution in [0.3, 0.4) is 0 Å². The minimum absolute atomic E-state index is 0. The molecule has 1 atom stereocenters. The number of amides is 1. The third kappa shape index (κ3) is 2.98. The monoisotopic (exact) mass is 276 g/mol. The van der Waals surface area contributed by atoms with Crippen molar-refractivity contribution in [2.24, 2.45) is 5.73 Å². The molecule has 2 rings (SSSR count). The topological polar surface area (TPSA) is 55.6 Å². The van der Waals surface area contributed by atoms with E-state index in [-0.39, 0.29) is 23.9 Å². The lowest BCUT2D eigenvalue weighted by atomic mass is 9.78. The molecule has 106 valence electrons. The molecule has 1 amide bonds. The van der Waals surface area contributed by atoms with E-state index in [1.807, 2.05) is 11.8 Å². The lowest BCUT2D eigenvalue weighted by Crippen LogP contribution is -2.62. The van der Waals surface area contributed by atoms with Crippen LogP contribution in [-0.4, -0.2) is 41.6 Å². The lowest BCUT2D eigenvalue weighted by Gasteiger charge is -2.49. The summed E-state index contributed by atoms with van der Waals surface area (Å²) in [6.07, 6.45) is 5.08. The van der Waals surface area contributed by atoms with Gasteiger partial charge in [0.05, 0.1) is 17.7 Å². The number of nitrogens with two attached hydrogens (primary N) is 1. The summed E-state index contributed by atoms with van der Waals surface area (Å²) in [5, 5.41) is 0. The molecule has 0 bridgehead atoms. The quantitative estimate of drug-likeness (QED) is 0.854. The first-order chi connectivity index (χ1) is 7.99. The Morgan fingerprint density at radius 3 is 2.67 bits per heavy atom. The zero-order valence-electron chi connectivity index (χ0n) is 11.4. The fraction of sp³-hybridized carbons (Fsp3) is 0.923. The summed E-state index contributed by atoms with van der Waals surface area (Å²) in [7, 11) is 0. The number of halogens is 1. The van der Waals surface area contributed by atoms with Crippen LogP contribution in [-0.2, 0) is 9.53 Å². The number of morpholine rings is 1. The Morgan fingerprint density at radius 1 is 1.50 bits per heavy atom. The van der Waals surface area contributed by atoms with Crippen molar-refractivity contribution in [3.8, 4) is 0 Å². The first-order valence-corrected chi connectivity index (χ1v) is 6.71. The number of carbonyl (C=O) groups excluding carboxylic acids is 1. The van der Waals surface area contributed by atoms with Crippen molar-refractivity contribution in [2.75, 3.05) is 19.7 Å². The summed E-state index contributed by atoms with van der Waals surface area (Å²) in [6, 6.07) is 0. The van der Waals surface area contributed by atoms with E-state index >= 15 is 0 Å². The van der Waals surface area contributed by atoms with E-state index in [0.717, 1.165) is 32.2 Å². The molecule has 1 aliphatic heterocycles. The second-order valence-corrected chi connectivity index (χ2v) is 5.78. The normalized spacial score (nSPS) is 24.9. The second-order valence-electron chi connectivity index (χ2n) is 5.78. The van der Waals surface area contributed by atoms with Crippen LogP contribution in [0.15, 0.2) is 0 Å². The molecule has 0 radical (unpaired) electrons. The highest BCUT2D eigenvalue weighted by Crippen LogP contribution is 2.38. The standard InChI is InChI=1S/C13H24N2O2.ClH/c1-3-5-12(2,14)11(16)15-8-9-17-13(10-15)6-4-7-13;/h3-10,14H2,1-2H3;1H. The second kappa shape index (κ2) is 5.76. The van der Waals surface area contributed by atoms with E-state index in [9.17, 15) is 4.79 Å². The molecule has 0 aromatic carbocycles. The van der Waals surface area contributed by atoms with Crippen molar-refractivity contribution in [3.63, 3.8) is 0 Å². The van der Waals surface area contributed by atoms with Crippen LogP contribution in [0, 0.1) is 0 Å². The van der Waals surface area contributed by atoms with Gasteiger partial charge in [0.15, 0.2) is 0 Å². The third-order valence-electron chi connectivity index (χ3n) is 4.06. The molecular weight excluding hydrogens is 252 g/mol. The number of hydrogen-bond donors (Lipinski definition) is 1. The summed E-state index contributed by atoms with van der Waals surface area (Å²) in [6.45, 7) is 6.00. The van der Waals surface area contributed by atoms with Gasteiger partial charge in [-0.3, -0.25) is 4.79 Å². The van der Waals surface area contributed by atoms with Gasteiger partial charge in [0, 0.05) is 13.1 Å². The molecule has 1 heterocycles. The maximum absolute atomic E-state index is 12.4. The molecule has 1 spiro atoms. The molecule has 2 N–H and O–H groups in total. The molecule has 1 unspecified atom stereocenters. The number of carbonyl (C=O) groups is 1. The Morgan fingerprint density at radius 2 is 2.17 bits per heavy atom. The molecule has 4 nitrogen and oxygen atoms in total. The molecule has 18 heavy (non-hydrogen) atoms. The van der Waals surface area contributed by atoms with E-state index in [1.54, 1.807) is 0 Å². The van der Waals surface area contributed by atoms with Gasteiger partial charge in [-0.05, 0) is 32.6 Å². The first-order valence-electron chi connectivity index (χ1n) is 6.71. The summed E-state index contributed by atoms with van der Waals surface area (Å²) in [4.78, 5) is 14.3. The van der Waals surface area contributed by atoms with E-state index < -0.39 is 5.54 Å². The van der Waals surface area contributed by atoms with Gasteiger partial charge in [-0.15, -0.1) is 12.4 Å². The summed E-state index contributed by atoms with van der Waals surface area (Å²) < 4.78 is 5.82. The highest BCUT2D eigenvalue weighted by molar-refractivity contribution is 5.86. The van der Waals surface area contributed by atoms with Crippen LogP contribution in [0.5, 0.6) is 0 Å². The average Bonchev–Trinajstić information content (AvgIpc) is 2.26. The van der Waals surface area contributed by atoms with Crippen LogP contribution in [0.1, 0.15) is 46.0 Å². The summed E-state index contributed by atoms with van der Waals surface area (Å²) >= 11 is 0. The van der Waals surface area contributed by atoms with Crippen molar-refractivity contribution in [2.45, 2.75) is 57.1 Å². The minimum Gasteiger partial charge on any atom is -0.371 e. The maximum atomic E-state index is 12.4. The van der Waals surface area contributed by atoms with E-state index in [0.29, 0.717) is 13.2 Å². The van der Waals surface area contributed by atoms with E-state index in [1.165, 1.54) is 6.42 Å². The third-order valence-corrected chi connectivity index (χ3v) is 4.06. The number of nitrogens with zero attached hydrogens (tertiary/aromatic N) is 1. The largest absolute Gasteiger partial charge is 0.371 e. The van der Waals surface area contributed by atoms with Gasteiger partial charge in [0.2, 0.25) is 5.91 Å². The fourth-order valence-electron chi connectivity index (χ4n) is 2.88. The van der Waals surface area contributed by atoms with Crippen molar-refractivity contribution >= 4 is 18.3 Å². The van der Waals surface area contributed by atoms with Crippen LogP contribution >= 0.6 is 12.4 Å². The Labute approximate surface area is 116 Å². The van der Waals surface area contributed by atoms with Crippen molar-refractivity contribution in [1.29, 1.82) is 0 Å². The Hall–Kier alpha value is -0.320. The molecular formula is C13H25ClN2O2. The van der Waals surface area contributed by atoms with Crippen LogP contribution in [0.25, 0.3) is 0 Å². The fourth-order valence-corrected chi connectivity index (χ4v) is 2.88. The lowest BCUT2D eigenvalue weighted by molar-refractivity contribution is -0.171. The van der Waals surface area contributed by atoms with Gasteiger partial charge in [-0.1, -0.05) is 13.3 Å². The Bertz CT molecular complexity index is 303. The number of rotatable bonds is 3. The molecule has 1 aliphatic carbocycles. The highest BCUT2D eigenvalue weighted by Gasteiger charge is 2.45. The Balaban J connectivity index is 0.00000162. The number of ether oxygens (including phenoxy) is 1. The predicted octanol–water partition coefficient (Wildman–Crippen LogP) is 1.71. The molecule has 1 saturated carbocycles. The van der Waals surface area contributed by atoms with E-state index in [2.05, 4.69) is 6.92 Å². The molecule has 0 aromatic heterocycles. The van der Waals surface area contributed by atoms with Gasteiger partial charge >= 0.3 is 0 Å². The average molecular weight is 277 g/mol. The smallest absolute Gasteiger partial charge is 0.242 e. The van der Waals surface area contributed by atoms with E-state index in [4.69, 9.17) is 10.5 Å². The highest BCUT2D eigenvalue weighted by atomic mass is 35.5. The van der Waals surface area contributed by atoms with Crippen LogP contribution in [0.4, 0.5) is 0 Å².